The molecule has 2 rings (SSSR count). The molecule has 2 aromatic rings. The van der Waals surface area contributed by atoms with Crippen LogP contribution in [-0.4, -0.2) is 55.1 Å². The zero-order chi connectivity index (χ0) is 21.9. The minimum atomic E-state index is -2.28. The molecule has 1 radical (unpaired) electrons. The second-order valence-electron chi connectivity index (χ2n) is 9.00. The van der Waals surface area contributed by atoms with E-state index in [4.69, 9.17) is 13.3 Å². The molecule has 0 aliphatic carbocycles. The Bertz CT molecular complexity index is 699. The highest BCUT2D eigenvalue weighted by Gasteiger charge is 2.72. The molecule has 3 nitrogen and oxygen atoms in total. The van der Waals surface area contributed by atoms with Crippen LogP contribution in [0.15, 0.2) is 60.7 Å². The molecule has 0 aliphatic heterocycles. The third-order valence-corrected chi connectivity index (χ3v) is 36.3. The average Bonchev–Trinajstić information content (AvgIpc) is 2.72. The van der Waals surface area contributed by atoms with E-state index in [1.807, 2.05) is 21.3 Å². The van der Waals surface area contributed by atoms with Crippen LogP contribution in [0, 0.1) is 0 Å². The molecule has 2 aromatic carbocycles. The van der Waals surface area contributed by atoms with Gasteiger partial charge in [-0.2, -0.15) is 0 Å². The van der Waals surface area contributed by atoms with Crippen molar-refractivity contribution in [1.29, 1.82) is 0 Å². The second kappa shape index (κ2) is 9.13. The SMILES string of the molecule is CO[Si](C)(C)C([Si](c1ccccc1)c1ccccc1)([Si](C)(C)OC)[Si](C)(C)OC. The summed E-state index contributed by atoms with van der Waals surface area (Å²) in [6.45, 7) is 14.3. The van der Waals surface area contributed by atoms with Crippen molar-refractivity contribution in [2.75, 3.05) is 21.3 Å². The van der Waals surface area contributed by atoms with Crippen molar-refractivity contribution in [3.63, 3.8) is 0 Å². The maximum absolute atomic E-state index is 6.48. The molecule has 0 aromatic heterocycles. The molecular formula is C22H37O3Si4. The molecule has 7 heteroatoms. The van der Waals surface area contributed by atoms with Crippen molar-refractivity contribution in [2.45, 2.75) is 43.2 Å². The number of hydrogen-bond acceptors (Lipinski definition) is 3. The molecule has 0 bridgehead atoms. The minimum absolute atomic E-state index is 0.0847. The zero-order valence-corrected chi connectivity index (χ0v) is 23.5. The summed E-state index contributed by atoms with van der Waals surface area (Å²) in [4.78, 5) is 0. The van der Waals surface area contributed by atoms with E-state index in [0.717, 1.165) is 0 Å². The van der Waals surface area contributed by atoms with E-state index in [0.29, 0.717) is 0 Å². The smallest absolute Gasteiger partial charge is 0.189 e. The Balaban J connectivity index is 3.06. The highest BCUT2D eigenvalue weighted by molar-refractivity contribution is 7.27. The fourth-order valence-electron chi connectivity index (χ4n) is 5.35. The first-order valence-electron chi connectivity index (χ1n) is 10.2. The van der Waals surface area contributed by atoms with Crippen molar-refractivity contribution >= 4 is 44.1 Å². The van der Waals surface area contributed by atoms with Crippen molar-refractivity contribution in [2.24, 2.45) is 0 Å². The van der Waals surface area contributed by atoms with E-state index < -0.39 is 33.7 Å². The van der Waals surface area contributed by atoms with Gasteiger partial charge in [0.05, 0.1) is 0 Å². The Labute approximate surface area is 182 Å². The van der Waals surface area contributed by atoms with Crippen molar-refractivity contribution < 1.29 is 13.3 Å². The van der Waals surface area contributed by atoms with Gasteiger partial charge < -0.3 is 13.3 Å². The number of hydrogen-bond donors (Lipinski definition) is 0. The molecule has 0 saturated carbocycles. The molecule has 159 valence electrons. The van der Waals surface area contributed by atoms with Crippen LogP contribution in [0.2, 0.25) is 43.2 Å². The van der Waals surface area contributed by atoms with E-state index in [9.17, 15) is 0 Å². The van der Waals surface area contributed by atoms with Crippen LogP contribution < -0.4 is 10.4 Å². The first-order valence-corrected chi connectivity index (χ1v) is 20.4. The number of rotatable bonds is 9. The van der Waals surface area contributed by atoms with Gasteiger partial charge >= 0.3 is 0 Å². The van der Waals surface area contributed by atoms with E-state index in [1.54, 1.807) is 0 Å². The van der Waals surface area contributed by atoms with Crippen LogP contribution in [0.4, 0.5) is 0 Å². The molecule has 0 unspecified atom stereocenters. The predicted molar refractivity (Wildman–Crippen MR) is 134 cm³/mol. The Hall–Kier alpha value is -0.812. The maximum Gasteiger partial charge on any atom is 0.189 e. The molecule has 0 atom stereocenters. The van der Waals surface area contributed by atoms with E-state index in [1.165, 1.54) is 10.4 Å². The topological polar surface area (TPSA) is 27.7 Å². The van der Waals surface area contributed by atoms with Gasteiger partial charge in [0, 0.05) is 25.2 Å². The fourth-order valence-corrected chi connectivity index (χ4v) is 38.5. The highest BCUT2D eigenvalue weighted by Crippen LogP contribution is 2.55. The fraction of sp³-hybridized carbons (Fsp3) is 0.455. The standard InChI is InChI=1S/C22H37O3Si4/c1-23-27(4,5)22(28(6,7)24-2,29(8,9)25-3)26(20-16-12-10-13-17-20)21-18-14-11-15-19-21/h10-19H,1-9H3. The van der Waals surface area contributed by atoms with Gasteiger partial charge in [-0.15, -0.1) is 0 Å². The van der Waals surface area contributed by atoms with Gasteiger partial charge in [-0.25, -0.2) is 0 Å². The second-order valence-corrected chi connectivity index (χ2v) is 27.2. The van der Waals surface area contributed by atoms with Gasteiger partial charge in [-0.05, 0) is 39.3 Å². The van der Waals surface area contributed by atoms with Gasteiger partial charge in [-0.3, -0.25) is 0 Å². The normalized spacial score (nSPS) is 13.7. The summed E-state index contributed by atoms with van der Waals surface area (Å²) in [5.41, 5.74) is 0. The first-order chi connectivity index (χ1) is 13.5. The van der Waals surface area contributed by atoms with Gasteiger partial charge in [0.15, 0.2) is 25.0 Å². The molecule has 0 saturated heterocycles. The van der Waals surface area contributed by atoms with Crippen molar-refractivity contribution in [3.05, 3.63) is 60.7 Å². The molecular weight excluding hydrogens is 425 g/mol. The van der Waals surface area contributed by atoms with Crippen LogP contribution in [0.1, 0.15) is 0 Å². The summed E-state index contributed by atoms with van der Waals surface area (Å²) in [5, 5.41) is 2.83. The summed E-state index contributed by atoms with van der Waals surface area (Å²) >= 11 is 0. The Morgan fingerprint density at radius 3 is 1.07 bits per heavy atom. The van der Waals surface area contributed by atoms with Crippen LogP contribution >= 0.6 is 0 Å². The molecule has 0 N–H and O–H groups in total. The van der Waals surface area contributed by atoms with Gasteiger partial charge in [-0.1, -0.05) is 71.0 Å². The highest BCUT2D eigenvalue weighted by atomic mass is 28.5. The average molecular weight is 462 g/mol. The van der Waals surface area contributed by atoms with E-state index in [-0.39, 0.29) is 3.91 Å². The molecule has 0 aliphatic rings. The van der Waals surface area contributed by atoms with Gasteiger partial charge in [0.25, 0.3) is 0 Å². The van der Waals surface area contributed by atoms with Crippen LogP contribution in [0.25, 0.3) is 0 Å². The monoisotopic (exact) mass is 461 g/mol. The summed E-state index contributed by atoms with van der Waals surface area (Å²) < 4.78 is 19.3. The lowest BCUT2D eigenvalue weighted by Gasteiger charge is -2.61. The van der Waals surface area contributed by atoms with Crippen LogP contribution in [-0.2, 0) is 13.3 Å². The zero-order valence-electron chi connectivity index (χ0n) is 19.5. The van der Waals surface area contributed by atoms with Gasteiger partial charge in [0.1, 0.15) is 8.80 Å². The third-order valence-electron chi connectivity index (χ3n) is 6.74. The lowest BCUT2D eigenvalue weighted by atomic mass is 10.4. The summed E-state index contributed by atoms with van der Waals surface area (Å²) in [5.74, 6) is 0. The van der Waals surface area contributed by atoms with Crippen molar-refractivity contribution in [3.8, 4) is 0 Å². The number of benzene rings is 2. The Morgan fingerprint density at radius 2 is 0.828 bits per heavy atom. The summed E-state index contributed by atoms with van der Waals surface area (Å²) in [7, 11) is -2.43. The van der Waals surface area contributed by atoms with E-state index in [2.05, 4.69) is 99.9 Å². The minimum Gasteiger partial charge on any atom is -0.421 e. The van der Waals surface area contributed by atoms with Crippen LogP contribution in [0.5, 0.6) is 0 Å². The molecule has 0 spiro atoms. The lowest BCUT2D eigenvalue weighted by molar-refractivity contribution is 0.352. The first kappa shape index (κ1) is 24.5. The van der Waals surface area contributed by atoms with Crippen LogP contribution in [0.3, 0.4) is 0 Å². The molecule has 29 heavy (non-hydrogen) atoms. The maximum atomic E-state index is 6.48. The molecule has 0 heterocycles. The largest absolute Gasteiger partial charge is 0.421 e. The molecule has 0 fully saturated rings. The lowest BCUT2D eigenvalue weighted by Crippen LogP contribution is -2.80. The summed E-state index contributed by atoms with van der Waals surface area (Å²) in [6, 6.07) is 22.1. The quantitative estimate of drug-likeness (QED) is 0.524. The Kier molecular flexibility index (Phi) is 7.70. The molecule has 0 amide bonds. The van der Waals surface area contributed by atoms with Gasteiger partial charge in [0.2, 0.25) is 0 Å². The van der Waals surface area contributed by atoms with Crippen molar-refractivity contribution in [1.82, 2.24) is 0 Å². The summed E-state index contributed by atoms with van der Waals surface area (Å²) in [6.07, 6.45) is 0. The third kappa shape index (κ3) is 4.06. The Morgan fingerprint density at radius 1 is 0.552 bits per heavy atom. The predicted octanol–water partition coefficient (Wildman–Crippen LogP) is 4.21. The van der Waals surface area contributed by atoms with E-state index >= 15 is 0 Å².